The van der Waals surface area contributed by atoms with Crippen molar-refractivity contribution in [2.45, 2.75) is 11.3 Å². The summed E-state index contributed by atoms with van der Waals surface area (Å²) in [7, 11) is -3.75. The van der Waals surface area contributed by atoms with Crippen molar-refractivity contribution in [2.75, 3.05) is 6.54 Å². The second kappa shape index (κ2) is 6.77. The van der Waals surface area contributed by atoms with Crippen molar-refractivity contribution >= 4 is 44.6 Å². The summed E-state index contributed by atoms with van der Waals surface area (Å²) < 4.78 is 27.5. The van der Waals surface area contributed by atoms with Crippen LogP contribution in [0, 0.1) is 11.3 Å². The van der Waals surface area contributed by atoms with Crippen LogP contribution < -0.4 is 4.72 Å². The van der Waals surface area contributed by atoms with Crippen LogP contribution in [-0.2, 0) is 16.4 Å². The van der Waals surface area contributed by atoms with Gasteiger partial charge in [-0.05, 0) is 36.8 Å². The number of nitrogens with zero attached hydrogens (tertiary/aromatic N) is 1. The van der Waals surface area contributed by atoms with Crippen LogP contribution in [0.5, 0.6) is 0 Å². The van der Waals surface area contributed by atoms with Crippen molar-refractivity contribution in [2.24, 2.45) is 0 Å². The summed E-state index contributed by atoms with van der Waals surface area (Å²) >= 11 is 13.1. The Kier molecular flexibility index (Phi) is 5.25. The highest BCUT2D eigenvalue weighted by Gasteiger charge is 2.18. The van der Waals surface area contributed by atoms with E-state index in [1.807, 2.05) is 12.1 Å². The molecule has 0 aliphatic carbocycles. The van der Waals surface area contributed by atoms with Crippen molar-refractivity contribution in [1.29, 1.82) is 5.26 Å². The first-order valence-electron chi connectivity index (χ1n) is 5.86. The lowest BCUT2D eigenvalue weighted by atomic mass is 10.2. The highest BCUT2D eigenvalue weighted by molar-refractivity contribution is 7.89. The fraction of sp³-hybridized carbons (Fsp3) is 0.154. The number of rotatable bonds is 5. The van der Waals surface area contributed by atoms with Crippen LogP contribution in [-0.4, -0.2) is 15.0 Å². The highest BCUT2D eigenvalue weighted by Crippen LogP contribution is 2.23. The molecule has 2 rings (SSSR count). The SMILES string of the molecule is N#Cc1ccc(Cl)c(S(=O)(=O)NCCc2ccc(Cl)s2)c1. The Morgan fingerprint density at radius 1 is 1.24 bits per heavy atom. The van der Waals surface area contributed by atoms with Gasteiger partial charge in [0, 0.05) is 11.4 Å². The van der Waals surface area contributed by atoms with Gasteiger partial charge in [-0.25, -0.2) is 13.1 Å². The third kappa shape index (κ3) is 4.19. The number of thiophene rings is 1. The lowest BCUT2D eigenvalue weighted by molar-refractivity contribution is 0.582. The molecule has 8 heteroatoms. The van der Waals surface area contributed by atoms with E-state index in [1.54, 1.807) is 6.07 Å². The van der Waals surface area contributed by atoms with Gasteiger partial charge >= 0.3 is 0 Å². The average Bonchev–Trinajstić information content (AvgIpc) is 2.84. The van der Waals surface area contributed by atoms with Crippen LogP contribution in [0.3, 0.4) is 0 Å². The molecular formula is C13H10Cl2N2O2S2. The first-order chi connectivity index (χ1) is 9.92. The first-order valence-corrected chi connectivity index (χ1v) is 8.91. The minimum atomic E-state index is -3.75. The predicted molar refractivity (Wildman–Crippen MR) is 84.4 cm³/mol. The topological polar surface area (TPSA) is 70.0 Å². The van der Waals surface area contributed by atoms with Crippen molar-refractivity contribution in [3.8, 4) is 6.07 Å². The fourth-order valence-electron chi connectivity index (χ4n) is 1.65. The van der Waals surface area contributed by atoms with Crippen LogP contribution in [0.15, 0.2) is 35.2 Å². The van der Waals surface area contributed by atoms with Gasteiger partial charge in [-0.1, -0.05) is 23.2 Å². The summed E-state index contributed by atoms with van der Waals surface area (Å²) in [6.07, 6.45) is 0.534. The molecule has 1 aromatic heterocycles. The number of nitrogens with one attached hydrogen (secondary N) is 1. The van der Waals surface area contributed by atoms with Crippen molar-refractivity contribution in [3.63, 3.8) is 0 Å². The predicted octanol–water partition coefficient (Wildman–Crippen LogP) is 3.45. The van der Waals surface area contributed by atoms with Crippen molar-refractivity contribution < 1.29 is 8.42 Å². The molecule has 0 saturated carbocycles. The number of halogens is 2. The standard InChI is InChI=1S/C13H10Cl2N2O2S2/c14-11-3-1-9(8-16)7-12(11)21(18,19)17-6-5-10-2-4-13(15)20-10/h1-4,7,17H,5-6H2. The van der Waals surface area contributed by atoms with Gasteiger partial charge in [0.1, 0.15) is 4.90 Å². The highest BCUT2D eigenvalue weighted by atomic mass is 35.5. The molecule has 1 heterocycles. The summed E-state index contributed by atoms with van der Waals surface area (Å²) in [5.74, 6) is 0. The van der Waals surface area contributed by atoms with E-state index in [9.17, 15) is 8.42 Å². The summed E-state index contributed by atoms with van der Waals surface area (Å²) in [6.45, 7) is 0.228. The minimum absolute atomic E-state index is 0.0840. The Morgan fingerprint density at radius 2 is 2.00 bits per heavy atom. The third-order valence-electron chi connectivity index (χ3n) is 2.64. The van der Waals surface area contributed by atoms with E-state index < -0.39 is 10.0 Å². The molecule has 0 amide bonds. The van der Waals surface area contributed by atoms with E-state index in [0.29, 0.717) is 10.8 Å². The maximum absolute atomic E-state index is 12.2. The zero-order valence-electron chi connectivity index (χ0n) is 10.6. The maximum atomic E-state index is 12.2. The van der Waals surface area contributed by atoms with Crippen LogP contribution in [0.1, 0.15) is 10.4 Å². The molecule has 0 fully saturated rings. The number of hydrogen-bond acceptors (Lipinski definition) is 4. The Hall–Kier alpha value is -1.10. The molecule has 110 valence electrons. The lowest BCUT2D eigenvalue weighted by Crippen LogP contribution is -2.26. The van der Waals surface area contributed by atoms with Crippen LogP contribution in [0.25, 0.3) is 0 Å². The number of hydrogen-bond donors (Lipinski definition) is 1. The van der Waals surface area contributed by atoms with Gasteiger partial charge in [-0.3, -0.25) is 0 Å². The van der Waals surface area contributed by atoms with Crippen molar-refractivity contribution in [3.05, 3.63) is 50.1 Å². The molecule has 0 bridgehead atoms. The molecule has 0 unspecified atom stereocenters. The molecule has 0 saturated heterocycles. The van der Waals surface area contributed by atoms with Crippen molar-refractivity contribution in [1.82, 2.24) is 4.72 Å². The molecule has 1 N–H and O–H groups in total. The Labute approximate surface area is 137 Å². The number of sulfonamides is 1. The van der Waals surface area contributed by atoms with E-state index in [0.717, 1.165) is 4.88 Å². The van der Waals surface area contributed by atoms with Gasteiger partial charge in [0.2, 0.25) is 10.0 Å². The summed E-state index contributed by atoms with van der Waals surface area (Å²) in [5.41, 5.74) is 0.241. The Bertz CT molecular complexity index is 795. The monoisotopic (exact) mass is 360 g/mol. The molecule has 4 nitrogen and oxygen atoms in total. The van der Waals surface area contributed by atoms with Crippen LogP contribution in [0.4, 0.5) is 0 Å². The maximum Gasteiger partial charge on any atom is 0.242 e. The largest absolute Gasteiger partial charge is 0.242 e. The van der Waals surface area contributed by atoms with Crippen LogP contribution in [0.2, 0.25) is 9.36 Å². The lowest BCUT2D eigenvalue weighted by Gasteiger charge is -2.08. The molecule has 2 aromatic rings. The van der Waals surface area contributed by atoms with E-state index in [2.05, 4.69) is 4.72 Å². The Morgan fingerprint density at radius 3 is 2.62 bits per heavy atom. The molecular weight excluding hydrogens is 351 g/mol. The second-order valence-electron chi connectivity index (χ2n) is 4.11. The van der Waals surface area contributed by atoms with Gasteiger partial charge in [-0.15, -0.1) is 11.3 Å². The van der Waals surface area contributed by atoms with Crippen LogP contribution >= 0.6 is 34.5 Å². The molecule has 0 atom stereocenters. The van der Waals surface area contributed by atoms with E-state index in [4.69, 9.17) is 28.5 Å². The zero-order valence-corrected chi connectivity index (χ0v) is 13.8. The first kappa shape index (κ1) is 16.3. The zero-order chi connectivity index (χ0) is 15.5. The average molecular weight is 361 g/mol. The molecule has 0 aliphatic heterocycles. The molecule has 0 aliphatic rings. The van der Waals surface area contributed by atoms with Gasteiger partial charge < -0.3 is 0 Å². The second-order valence-corrected chi connectivity index (χ2v) is 8.05. The molecule has 21 heavy (non-hydrogen) atoms. The quantitative estimate of drug-likeness (QED) is 0.887. The van der Waals surface area contributed by atoms with Gasteiger partial charge in [0.25, 0.3) is 0 Å². The smallest absolute Gasteiger partial charge is 0.211 e. The normalized spacial score (nSPS) is 11.3. The Balaban J connectivity index is 2.10. The van der Waals surface area contributed by atoms with E-state index in [1.165, 1.54) is 29.5 Å². The van der Waals surface area contributed by atoms with Gasteiger partial charge in [0.15, 0.2) is 0 Å². The van der Waals surface area contributed by atoms with E-state index >= 15 is 0 Å². The number of nitriles is 1. The van der Waals surface area contributed by atoms with E-state index in [-0.39, 0.29) is 22.0 Å². The van der Waals surface area contributed by atoms with Gasteiger partial charge in [0.05, 0.1) is 21.0 Å². The summed E-state index contributed by atoms with van der Waals surface area (Å²) in [4.78, 5) is 0.895. The number of benzene rings is 1. The molecule has 0 radical (unpaired) electrons. The fourth-order valence-corrected chi connectivity index (χ4v) is 4.29. The summed E-state index contributed by atoms with van der Waals surface area (Å²) in [5, 5.41) is 8.91. The van der Waals surface area contributed by atoms with Gasteiger partial charge in [-0.2, -0.15) is 5.26 Å². The molecule has 0 spiro atoms. The minimum Gasteiger partial charge on any atom is -0.211 e. The third-order valence-corrected chi connectivity index (χ3v) is 5.88. The summed E-state index contributed by atoms with van der Waals surface area (Å²) in [6, 6.07) is 9.63. The molecule has 1 aromatic carbocycles.